The molecule has 0 aliphatic carbocycles. The molecule has 0 amide bonds. The van der Waals surface area contributed by atoms with Gasteiger partial charge < -0.3 is 15.2 Å². The van der Waals surface area contributed by atoms with Crippen LogP contribution in [0, 0.1) is 6.92 Å². The Labute approximate surface area is 78.5 Å². The number of hydrogen-bond donors (Lipinski definition) is 1. The molecule has 0 bridgehead atoms. The molecule has 1 aromatic rings. The number of rotatable bonds is 3. The van der Waals surface area contributed by atoms with Crippen molar-refractivity contribution in [3.8, 4) is 5.75 Å². The molecule has 0 saturated heterocycles. The molecular formula is C10H15NO2. The Morgan fingerprint density at radius 2 is 2.00 bits per heavy atom. The molecule has 0 heterocycles. The van der Waals surface area contributed by atoms with Crippen LogP contribution in [-0.2, 0) is 11.3 Å². The van der Waals surface area contributed by atoms with E-state index >= 15 is 0 Å². The number of nitrogen functional groups attached to an aromatic ring is 1. The lowest BCUT2D eigenvalue weighted by Gasteiger charge is -2.11. The smallest absolute Gasteiger partial charge is 0.147 e. The summed E-state index contributed by atoms with van der Waals surface area (Å²) < 4.78 is 10.2. The maximum absolute atomic E-state index is 5.78. The van der Waals surface area contributed by atoms with Crippen LogP contribution in [0.5, 0.6) is 5.75 Å². The first-order chi connectivity index (χ1) is 6.19. The summed E-state index contributed by atoms with van der Waals surface area (Å²) in [4.78, 5) is 0. The molecule has 0 fully saturated rings. The van der Waals surface area contributed by atoms with Gasteiger partial charge in [-0.15, -0.1) is 0 Å². The molecule has 3 heteroatoms. The molecule has 13 heavy (non-hydrogen) atoms. The predicted octanol–water partition coefficient (Wildman–Crippen LogP) is 1.73. The van der Waals surface area contributed by atoms with Gasteiger partial charge in [0.15, 0.2) is 0 Å². The molecule has 0 aromatic heterocycles. The van der Waals surface area contributed by atoms with Crippen LogP contribution in [0.3, 0.4) is 0 Å². The van der Waals surface area contributed by atoms with Crippen molar-refractivity contribution in [2.45, 2.75) is 13.5 Å². The molecule has 0 unspecified atom stereocenters. The zero-order valence-electron chi connectivity index (χ0n) is 8.26. The van der Waals surface area contributed by atoms with E-state index in [9.17, 15) is 0 Å². The van der Waals surface area contributed by atoms with E-state index in [0.29, 0.717) is 18.0 Å². The second-order valence-corrected chi connectivity index (χ2v) is 2.98. The van der Waals surface area contributed by atoms with E-state index in [2.05, 4.69) is 0 Å². The lowest BCUT2D eigenvalue weighted by Crippen LogP contribution is -1.99. The fourth-order valence-corrected chi connectivity index (χ4v) is 1.39. The minimum atomic E-state index is 0.523. The van der Waals surface area contributed by atoms with Gasteiger partial charge in [-0.25, -0.2) is 0 Å². The Hall–Kier alpha value is -1.22. The van der Waals surface area contributed by atoms with E-state index in [1.165, 1.54) is 0 Å². The van der Waals surface area contributed by atoms with E-state index in [-0.39, 0.29) is 0 Å². The van der Waals surface area contributed by atoms with Crippen molar-refractivity contribution in [3.63, 3.8) is 0 Å². The van der Waals surface area contributed by atoms with Crippen LogP contribution in [0.2, 0.25) is 0 Å². The number of aryl methyl sites for hydroxylation is 1. The van der Waals surface area contributed by atoms with Crippen LogP contribution in [0.25, 0.3) is 0 Å². The summed E-state index contributed by atoms with van der Waals surface area (Å²) >= 11 is 0. The summed E-state index contributed by atoms with van der Waals surface area (Å²) in [6, 6.07) is 3.90. The Morgan fingerprint density at radius 3 is 2.54 bits per heavy atom. The number of hydrogen-bond acceptors (Lipinski definition) is 3. The first-order valence-corrected chi connectivity index (χ1v) is 4.11. The van der Waals surface area contributed by atoms with Crippen molar-refractivity contribution in [1.82, 2.24) is 0 Å². The quantitative estimate of drug-likeness (QED) is 0.722. The van der Waals surface area contributed by atoms with Crippen molar-refractivity contribution in [2.75, 3.05) is 20.0 Å². The van der Waals surface area contributed by atoms with E-state index in [1.807, 2.05) is 19.1 Å². The SMILES string of the molecule is COCc1cc(C)cc(N)c1OC. The van der Waals surface area contributed by atoms with Gasteiger partial charge in [-0.05, 0) is 24.6 Å². The van der Waals surface area contributed by atoms with Gasteiger partial charge in [-0.3, -0.25) is 0 Å². The first kappa shape index (κ1) is 9.86. The minimum Gasteiger partial charge on any atom is -0.494 e. The molecule has 2 N–H and O–H groups in total. The summed E-state index contributed by atoms with van der Waals surface area (Å²) in [5.41, 5.74) is 8.55. The number of nitrogens with two attached hydrogens (primary N) is 1. The first-order valence-electron chi connectivity index (χ1n) is 4.11. The standard InChI is InChI=1S/C10H15NO2/c1-7-4-8(6-12-2)10(13-3)9(11)5-7/h4-5H,6,11H2,1-3H3. The van der Waals surface area contributed by atoms with Crippen molar-refractivity contribution < 1.29 is 9.47 Å². The van der Waals surface area contributed by atoms with Crippen LogP contribution in [0.1, 0.15) is 11.1 Å². The van der Waals surface area contributed by atoms with Gasteiger partial charge in [0.25, 0.3) is 0 Å². The van der Waals surface area contributed by atoms with Gasteiger partial charge in [0.2, 0.25) is 0 Å². The minimum absolute atomic E-state index is 0.523. The van der Waals surface area contributed by atoms with Crippen molar-refractivity contribution >= 4 is 5.69 Å². The van der Waals surface area contributed by atoms with E-state index in [0.717, 1.165) is 11.1 Å². The number of anilines is 1. The second kappa shape index (κ2) is 4.14. The highest BCUT2D eigenvalue weighted by molar-refractivity contribution is 5.58. The van der Waals surface area contributed by atoms with Gasteiger partial charge in [-0.2, -0.15) is 0 Å². The lowest BCUT2D eigenvalue weighted by atomic mass is 10.1. The fraction of sp³-hybridized carbons (Fsp3) is 0.400. The highest BCUT2D eigenvalue weighted by Crippen LogP contribution is 2.28. The van der Waals surface area contributed by atoms with Gasteiger partial charge in [0.1, 0.15) is 5.75 Å². The molecular weight excluding hydrogens is 166 g/mol. The zero-order chi connectivity index (χ0) is 9.84. The Kier molecular flexibility index (Phi) is 3.14. The zero-order valence-corrected chi connectivity index (χ0v) is 8.26. The van der Waals surface area contributed by atoms with Gasteiger partial charge >= 0.3 is 0 Å². The van der Waals surface area contributed by atoms with Crippen molar-refractivity contribution in [3.05, 3.63) is 23.3 Å². The lowest BCUT2D eigenvalue weighted by molar-refractivity contribution is 0.181. The summed E-state index contributed by atoms with van der Waals surface area (Å²) in [6.07, 6.45) is 0. The number of ether oxygens (including phenoxy) is 2. The second-order valence-electron chi connectivity index (χ2n) is 2.98. The van der Waals surface area contributed by atoms with Crippen LogP contribution in [-0.4, -0.2) is 14.2 Å². The van der Waals surface area contributed by atoms with E-state index in [1.54, 1.807) is 14.2 Å². The molecule has 3 nitrogen and oxygen atoms in total. The highest BCUT2D eigenvalue weighted by atomic mass is 16.5. The molecule has 0 aliphatic heterocycles. The predicted molar refractivity (Wildman–Crippen MR) is 52.9 cm³/mol. The topological polar surface area (TPSA) is 44.5 Å². The largest absolute Gasteiger partial charge is 0.494 e. The monoisotopic (exact) mass is 181 g/mol. The summed E-state index contributed by atoms with van der Waals surface area (Å²) in [5.74, 6) is 0.715. The average Bonchev–Trinajstić information content (AvgIpc) is 2.04. The van der Waals surface area contributed by atoms with Crippen molar-refractivity contribution in [1.29, 1.82) is 0 Å². The normalized spacial score (nSPS) is 10.1. The summed E-state index contributed by atoms with van der Waals surface area (Å²) in [7, 11) is 3.26. The van der Waals surface area contributed by atoms with Crippen molar-refractivity contribution in [2.24, 2.45) is 0 Å². The summed E-state index contributed by atoms with van der Waals surface area (Å²) in [5, 5.41) is 0. The number of benzene rings is 1. The molecule has 0 saturated carbocycles. The Bertz CT molecular complexity index is 297. The number of methoxy groups -OCH3 is 2. The highest BCUT2D eigenvalue weighted by Gasteiger charge is 2.07. The van der Waals surface area contributed by atoms with Gasteiger partial charge in [-0.1, -0.05) is 0 Å². The molecule has 1 aromatic carbocycles. The van der Waals surface area contributed by atoms with E-state index in [4.69, 9.17) is 15.2 Å². The van der Waals surface area contributed by atoms with Gasteiger partial charge in [0.05, 0.1) is 19.4 Å². The average molecular weight is 181 g/mol. The molecule has 0 atom stereocenters. The molecule has 1 rings (SSSR count). The molecule has 72 valence electrons. The third kappa shape index (κ3) is 2.12. The molecule has 0 radical (unpaired) electrons. The van der Waals surface area contributed by atoms with E-state index < -0.39 is 0 Å². The Balaban J connectivity index is 3.13. The molecule has 0 aliphatic rings. The summed E-state index contributed by atoms with van der Waals surface area (Å²) in [6.45, 7) is 2.52. The third-order valence-electron chi connectivity index (χ3n) is 1.84. The molecule has 0 spiro atoms. The third-order valence-corrected chi connectivity index (χ3v) is 1.84. The maximum Gasteiger partial charge on any atom is 0.147 e. The van der Waals surface area contributed by atoms with Gasteiger partial charge in [0, 0.05) is 12.7 Å². The van der Waals surface area contributed by atoms with Crippen LogP contribution >= 0.6 is 0 Å². The Morgan fingerprint density at radius 1 is 1.31 bits per heavy atom. The van der Waals surface area contributed by atoms with Crippen LogP contribution < -0.4 is 10.5 Å². The van der Waals surface area contributed by atoms with Crippen LogP contribution in [0.4, 0.5) is 5.69 Å². The van der Waals surface area contributed by atoms with Crippen LogP contribution in [0.15, 0.2) is 12.1 Å². The fourth-order valence-electron chi connectivity index (χ4n) is 1.39. The maximum atomic E-state index is 5.78.